The molecule has 0 N–H and O–H groups in total. The van der Waals surface area contributed by atoms with E-state index in [0.717, 1.165) is 52.1 Å². The number of carbonyl (C=O) groups excluding carboxylic acids is 1. The van der Waals surface area contributed by atoms with Crippen LogP contribution in [0, 0.1) is 13.8 Å². The lowest BCUT2D eigenvalue weighted by Crippen LogP contribution is -2.27. The summed E-state index contributed by atoms with van der Waals surface area (Å²) in [5.74, 6) is 0.248. The normalized spacial score (nSPS) is 13.9. The monoisotopic (exact) mass is 475 g/mol. The van der Waals surface area contributed by atoms with Crippen molar-refractivity contribution >= 4 is 39.1 Å². The molecule has 3 heterocycles. The molecule has 2 aromatic heterocycles. The van der Waals surface area contributed by atoms with Gasteiger partial charge in [0.15, 0.2) is 10.9 Å². The highest BCUT2D eigenvalue weighted by atomic mass is 32.2. The molecule has 0 saturated heterocycles. The molecule has 1 aliphatic rings. The first-order valence-electron chi connectivity index (χ1n) is 11.0. The second kappa shape index (κ2) is 8.89. The summed E-state index contributed by atoms with van der Waals surface area (Å²) >= 11 is 2.93. The molecule has 0 bridgehead atoms. The summed E-state index contributed by atoms with van der Waals surface area (Å²) in [5.41, 5.74) is 4.79. The highest BCUT2D eigenvalue weighted by Gasteiger charge is 2.24. The van der Waals surface area contributed by atoms with E-state index in [1.54, 1.807) is 15.9 Å². The summed E-state index contributed by atoms with van der Waals surface area (Å²) in [7, 11) is 2.10. The zero-order valence-corrected chi connectivity index (χ0v) is 20.6. The van der Waals surface area contributed by atoms with Crippen LogP contribution in [0.25, 0.3) is 15.9 Å². The fourth-order valence-corrected chi connectivity index (χ4v) is 6.37. The van der Waals surface area contributed by atoms with Crippen LogP contribution < -0.4 is 5.56 Å². The number of hydrogen-bond acceptors (Lipinski definition) is 6. The van der Waals surface area contributed by atoms with Crippen molar-refractivity contribution < 1.29 is 4.79 Å². The fourth-order valence-electron chi connectivity index (χ4n) is 4.12. The number of likely N-dealkylation sites (N-methyl/N-ethyl adjacent to an activating group) is 1. The van der Waals surface area contributed by atoms with E-state index in [1.165, 1.54) is 16.6 Å². The minimum absolute atomic E-state index is 0.0249. The van der Waals surface area contributed by atoms with Gasteiger partial charge in [-0.15, -0.1) is 11.3 Å². The Balaban J connectivity index is 1.59. The van der Waals surface area contributed by atoms with E-state index in [4.69, 9.17) is 4.98 Å². The molecule has 5 nitrogen and oxygen atoms in total. The number of benzene rings is 2. The van der Waals surface area contributed by atoms with E-state index >= 15 is 0 Å². The first kappa shape index (κ1) is 22.1. The van der Waals surface area contributed by atoms with Gasteiger partial charge in [0.05, 0.1) is 16.8 Å². The van der Waals surface area contributed by atoms with Crippen molar-refractivity contribution in [1.82, 2.24) is 14.5 Å². The van der Waals surface area contributed by atoms with Crippen LogP contribution in [0.3, 0.4) is 0 Å². The summed E-state index contributed by atoms with van der Waals surface area (Å²) in [6.45, 7) is 5.80. The summed E-state index contributed by atoms with van der Waals surface area (Å²) in [5, 5.41) is 1.29. The SMILES string of the molecule is Cc1ccc(C(=O)CSc2nc3sc4c(c3c(=O)n2-c2ccc(C)cc2)CCN(C)C4)cc1. The minimum Gasteiger partial charge on any atom is -0.301 e. The molecule has 1 aliphatic heterocycles. The standard InChI is InChI=1S/C26H25N3O2S2/c1-16-4-8-18(9-5-16)21(30)15-32-26-27-24-23(20-12-13-28(3)14-22(20)33-24)25(31)29(26)19-10-6-17(2)7-11-19/h4-11H,12-15H2,1-3H3. The number of ketones is 1. The van der Waals surface area contributed by atoms with E-state index < -0.39 is 0 Å². The van der Waals surface area contributed by atoms with Gasteiger partial charge >= 0.3 is 0 Å². The Morgan fingerprint density at radius 2 is 1.73 bits per heavy atom. The van der Waals surface area contributed by atoms with Crippen molar-refractivity contribution in [2.75, 3.05) is 19.3 Å². The molecule has 0 radical (unpaired) electrons. The van der Waals surface area contributed by atoms with Crippen molar-refractivity contribution in [1.29, 1.82) is 0 Å². The summed E-state index contributed by atoms with van der Waals surface area (Å²) in [6.07, 6.45) is 0.856. The number of thiophene rings is 1. The average molecular weight is 476 g/mol. The zero-order chi connectivity index (χ0) is 23.1. The predicted molar refractivity (Wildman–Crippen MR) is 136 cm³/mol. The number of hydrogen-bond donors (Lipinski definition) is 0. The van der Waals surface area contributed by atoms with Crippen LogP contribution in [-0.2, 0) is 13.0 Å². The van der Waals surface area contributed by atoms with Gasteiger partial charge in [0, 0.05) is 23.5 Å². The van der Waals surface area contributed by atoms with Gasteiger partial charge in [-0.3, -0.25) is 14.2 Å². The highest BCUT2D eigenvalue weighted by molar-refractivity contribution is 7.99. The Labute approximate surface area is 201 Å². The first-order chi connectivity index (χ1) is 15.9. The van der Waals surface area contributed by atoms with Crippen molar-refractivity contribution in [3.8, 4) is 5.69 Å². The van der Waals surface area contributed by atoms with Crippen LogP contribution >= 0.6 is 23.1 Å². The molecule has 7 heteroatoms. The number of nitrogens with zero attached hydrogens (tertiary/aromatic N) is 3. The number of aryl methyl sites for hydroxylation is 2. The molecule has 0 fully saturated rings. The Morgan fingerprint density at radius 1 is 1.06 bits per heavy atom. The maximum Gasteiger partial charge on any atom is 0.267 e. The van der Waals surface area contributed by atoms with Crippen LogP contribution in [0.1, 0.15) is 31.9 Å². The Kier molecular flexibility index (Phi) is 5.95. The number of aromatic nitrogens is 2. The first-order valence-corrected chi connectivity index (χ1v) is 12.8. The Bertz CT molecular complexity index is 1400. The molecule has 2 aromatic carbocycles. The van der Waals surface area contributed by atoms with Crippen molar-refractivity contribution in [3.63, 3.8) is 0 Å². The molecule has 0 saturated carbocycles. The zero-order valence-electron chi connectivity index (χ0n) is 18.9. The third-order valence-corrected chi connectivity index (χ3v) is 8.08. The number of thioether (sulfide) groups is 1. The maximum absolute atomic E-state index is 13.8. The van der Waals surface area contributed by atoms with Gasteiger partial charge in [0.1, 0.15) is 4.83 Å². The van der Waals surface area contributed by atoms with E-state index in [0.29, 0.717) is 10.7 Å². The smallest absolute Gasteiger partial charge is 0.267 e. The molecule has 168 valence electrons. The number of fused-ring (bicyclic) bond motifs is 3. The summed E-state index contributed by atoms with van der Waals surface area (Å²) < 4.78 is 1.68. The molecular formula is C26H25N3O2S2. The third-order valence-electron chi connectivity index (χ3n) is 6.03. The maximum atomic E-state index is 13.8. The van der Waals surface area contributed by atoms with Gasteiger partial charge in [0.2, 0.25) is 0 Å². The number of Topliss-reactive ketones (excluding diaryl/α,β-unsaturated/α-hetero) is 1. The van der Waals surface area contributed by atoms with Crippen molar-refractivity contribution in [2.24, 2.45) is 0 Å². The average Bonchev–Trinajstić information content (AvgIpc) is 3.16. The van der Waals surface area contributed by atoms with Gasteiger partial charge in [-0.2, -0.15) is 0 Å². The van der Waals surface area contributed by atoms with E-state index in [1.807, 2.05) is 62.4 Å². The van der Waals surface area contributed by atoms with Crippen molar-refractivity contribution in [3.05, 3.63) is 86.0 Å². The van der Waals surface area contributed by atoms with Crippen molar-refractivity contribution in [2.45, 2.75) is 32.0 Å². The molecular weight excluding hydrogens is 450 g/mol. The third kappa shape index (κ3) is 4.28. The largest absolute Gasteiger partial charge is 0.301 e. The fraction of sp³-hybridized carbons (Fsp3) is 0.269. The minimum atomic E-state index is -0.0452. The molecule has 4 aromatic rings. The lowest BCUT2D eigenvalue weighted by molar-refractivity contribution is 0.102. The summed E-state index contributed by atoms with van der Waals surface area (Å²) in [6, 6.07) is 15.5. The lowest BCUT2D eigenvalue weighted by atomic mass is 10.1. The number of carbonyl (C=O) groups is 1. The molecule has 0 aliphatic carbocycles. The van der Waals surface area contributed by atoms with Gasteiger partial charge in [-0.1, -0.05) is 59.3 Å². The second-order valence-corrected chi connectivity index (χ2v) is 10.6. The van der Waals surface area contributed by atoms with E-state index in [2.05, 4.69) is 11.9 Å². The van der Waals surface area contributed by atoms with Crippen LogP contribution in [0.5, 0.6) is 0 Å². The molecule has 0 atom stereocenters. The van der Waals surface area contributed by atoms with Crippen LogP contribution in [0.2, 0.25) is 0 Å². The van der Waals surface area contributed by atoms with Crippen LogP contribution in [-0.4, -0.2) is 39.6 Å². The molecule has 33 heavy (non-hydrogen) atoms. The van der Waals surface area contributed by atoms with Crippen LogP contribution in [0.15, 0.2) is 58.5 Å². The molecule has 0 spiro atoms. The molecule has 0 amide bonds. The number of rotatable bonds is 5. The second-order valence-electron chi connectivity index (χ2n) is 8.62. The highest BCUT2D eigenvalue weighted by Crippen LogP contribution is 2.34. The molecule has 0 unspecified atom stereocenters. The van der Waals surface area contributed by atoms with Gasteiger partial charge in [0.25, 0.3) is 5.56 Å². The van der Waals surface area contributed by atoms with Gasteiger partial charge < -0.3 is 4.90 Å². The van der Waals surface area contributed by atoms with Gasteiger partial charge in [-0.05, 0) is 45.0 Å². The van der Waals surface area contributed by atoms with Gasteiger partial charge in [-0.25, -0.2) is 4.98 Å². The topological polar surface area (TPSA) is 55.2 Å². The Morgan fingerprint density at radius 3 is 2.42 bits per heavy atom. The molecule has 5 rings (SSSR count). The quantitative estimate of drug-likeness (QED) is 0.230. The lowest BCUT2D eigenvalue weighted by Gasteiger charge is -2.21. The summed E-state index contributed by atoms with van der Waals surface area (Å²) in [4.78, 5) is 35.8. The van der Waals surface area contributed by atoms with Crippen LogP contribution in [0.4, 0.5) is 0 Å². The van der Waals surface area contributed by atoms with E-state index in [-0.39, 0.29) is 17.1 Å². The Hall–Kier alpha value is -2.74. The van der Waals surface area contributed by atoms with E-state index in [9.17, 15) is 9.59 Å². The predicted octanol–water partition coefficient (Wildman–Crippen LogP) is 5.03.